The molecule has 0 saturated carbocycles. The van der Waals surface area contributed by atoms with Crippen molar-refractivity contribution in [2.24, 2.45) is 10.2 Å². The Hall–Kier alpha value is -4.25. The van der Waals surface area contributed by atoms with Gasteiger partial charge in [-0.25, -0.2) is 15.0 Å². The first-order valence-electron chi connectivity index (χ1n) is 9.54. The molecule has 2 heterocycles. The largest absolute Gasteiger partial charge is 0.353 e. The Bertz CT molecular complexity index is 1250. The molecule has 4 aromatic rings. The maximum absolute atomic E-state index is 11.8. The van der Waals surface area contributed by atoms with E-state index in [9.17, 15) is 10.1 Å². The van der Waals surface area contributed by atoms with Crippen molar-refractivity contribution in [3.63, 3.8) is 0 Å². The monoisotopic (exact) mass is 446 g/mol. The van der Waals surface area contributed by atoms with Crippen LogP contribution in [0.5, 0.6) is 0 Å². The number of thiazole rings is 1. The van der Waals surface area contributed by atoms with Crippen LogP contribution in [0.15, 0.2) is 71.2 Å². The number of anilines is 4. The number of aryl methyl sites for hydroxylation is 2. The number of hydrogen-bond donors (Lipinski definition) is 2. The van der Waals surface area contributed by atoms with Gasteiger partial charge in [-0.3, -0.25) is 10.1 Å². The van der Waals surface area contributed by atoms with E-state index in [1.54, 1.807) is 24.3 Å². The minimum Gasteiger partial charge on any atom is -0.334 e. The molecule has 2 N–H and O–H groups in total. The van der Waals surface area contributed by atoms with Gasteiger partial charge < -0.3 is 10.6 Å². The SMILES string of the molecule is Cc1nc(Nc2ncnc(Nc3ccc(N=Nc4ccccc4)cc3)c2[N+](=O)[O-])sc1C. The predicted molar refractivity (Wildman–Crippen MR) is 124 cm³/mol. The van der Waals surface area contributed by atoms with E-state index >= 15 is 0 Å². The molecule has 0 aliphatic heterocycles. The highest BCUT2D eigenvalue weighted by molar-refractivity contribution is 7.15. The van der Waals surface area contributed by atoms with E-state index in [1.165, 1.54) is 17.7 Å². The standard InChI is InChI=1S/C21H18N8O2S/c1-13-14(2)32-21(24-13)26-20-18(29(30)31)19(22-12-23-20)25-15-8-10-17(11-9-15)28-27-16-6-4-3-5-7-16/h3-12H,1-2H3,(H2,22,23,24,25,26). The first kappa shape index (κ1) is 21.0. The van der Waals surface area contributed by atoms with Crippen molar-refractivity contribution in [3.8, 4) is 0 Å². The van der Waals surface area contributed by atoms with Gasteiger partial charge in [0, 0.05) is 10.6 Å². The van der Waals surface area contributed by atoms with E-state index in [0.717, 1.165) is 16.3 Å². The zero-order chi connectivity index (χ0) is 22.5. The molecule has 0 bridgehead atoms. The van der Waals surface area contributed by atoms with Crippen molar-refractivity contribution in [1.82, 2.24) is 15.0 Å². The molecule has 11 heteroatoms. The molecule has 0 aliphatic rings. The van der Waals surface area contributed by atoms with Crippen LogP contribution in [-0.4, -0.2) is 19.9 Å². The minimum absolute atomic E-state index is 0.0644. The normalized spacial score (nSPS) is 10.9. The third-order valence-electron chi connectivity index (χ3n) is 4.43. The van der Waals surface area contributed by atoms with Crippen LogP contribution in [-0.2, 0) is 0 Å². The summed E-state index contributed by atoms with van der Waals surface area (Å²) in [6.45, 7) is 3.81. The molecule has 0 atom stereocenters. The van der Waals surface area contributed by atoms with Crippen LogP contribution in [0.25, 0.3) is 0 Å². The average molecular weight is 446 g/mol. The van der Waals surface area contributed by atoms with Crippen LogP contribution in [0.1, 0.15) is 10.6 Å². The summed E-state index contributed by atoms with van der Waals surface area (Å²) >= 11 is 1.40. The van der Waals surface area contributed by atoms with Crippen molar-refractivity contribution in [2.45, 2.75) is 13.8 Å². The van der Waals surface area contributed by atoms with Crippen molar-refractivity contribution >= 4 is 50.9 Å². The summed E-state index contributed by atoms with van der Waals surface area (Å²) in [6.07, 6.45) is 1.26. The Morgan fingerprint density at radius 1 is 0.906 bits per heavy atom. The Kier molecular flexibility index (Phi) is 6.08. The van der Waals surface area contributed by atoms with Gasteiger partial charge in [-0.05, 0) is 50.2 Å². The molecule has 2 aromatic carbocycles. The van der Waals surface area contributed by atoms with Gasteiger partial charge >= 0.3 is 5.69 Å². The molecule has 0 spiro atoms. The van der Waals surface area contributed by atoms with Crippen molar-refractivity contribution in [3.05, 3.63) is 81.6 Å². The topological polar surface area (TPSA) is 131 Å². The van der Waals surface area contributed by atoms with Gasteiger partial charge in [0.1, 0.15) is 6.33 Å². The van der Waals surface area contributed by atoms with Crippen LogP contribution in [0.2, 0.25) is 0 Å². The number of aromatic nitrogens is 3. The molecular weight excluding hydrogens is 428 g/mol. The van der Waals surface area contributed by atoms with Gasteiger partial charge in [0.15, 0.2) is 5.13 Å². The van der Waals surface area contributed by atoms with Gasteiger partial charge in [0.25, 0.3) is 0 Å². The number of benzene rings is 2. The molecule has 160 valence electrons. The lowest BCUT2D eigenvalue weighted by Crippen LogP contribution is -2.05. The third-order valence-corrected chi connectivity index (χ3v) is 5.41. The lowest BCUT2D eigenvalue weighted by Gasteiger charge is -2.09. The second-order valence-corrected chi connectivity index (χ2v) is 7.87. The van der Waals surface area contributed by atoms with Gasteiger partial charge in [-0.2, -0.15) is 10.2 Å². The van der Waals surface area contributed by atoms with Crippen LogP contribution in [0.3, 0.4) is 0 Å². The Balaban J connectivity index is 1.54. The zero-order valence-electron chi connectivity index (χ0n) is 17.2. The molecule has 10 nitrogen and oxygen atoms in total. The summed E-state index contributed by atoms with van der Waals surface area (Å²) in [6, 6.07) is 16.4. The molecule has 2 aromatic heterocycles. The fourth-order valence-electron chi connectivity index (χ4n) is 2.72. The number of rotatable bonds is 7. The van der Waals surface area contributed by atoms with Crippen molar-refractivity contribution < 1.29 is 4.92 Å². The van der Waals surface area contributed by atoms with Gasteiger partial charge in [-0.1, -0.05) is 18.2 Å². The highest BCUT2D eigenvalue weighted by Gasteiger charge is 2.24. The smallest absolute Gasteiger partial charge is 0.334 e. The van der Waals surface area contributed by atoms with Gasteiger partial charge in [-0.15, -0.1) is 11.3 Å². The molecule has 0 radical (unpaired) electrons. The molecule has 0 fully saturated rings. The number of azo groups is 1. The molecule has 32 heavy (non-hydrogen) atoms. The Morgan fingerprint density at radius 2 is 1.53 bits per heavy atom. The first-order valence-corrected chi connectivity index (χ1v) is 10.4. The van der Waals surface area contributed by atoms with E-state index in [-0.39, 0.29) is 17.3 Å². The van der Waals surface area contributed by atoms with Crippen molar-refractivity contribution in [2.75, 3.05) is 10.6 Å². The van der Waals surface area contributed by atoms with E-state index < -0.39 is 4.92 Å². The second kappa shape index (κ2) is 9.27. The van der Waals surface area contributed by atoms with Crippen LogP contribution < -0.4 is 10.6 Å². The predicted octanol–water partition coefficient (Wildman–Crippen LogP) is 6.36. The van der Waals surface area contributed by atoms with Crippen LogP contribution in [0, 0.1) is 24.0 Å². The minimum atomic E-state index is -0.527. The third kappa shape index (κ3) is 4.90. The lowest BCUT2D eigenvalue weighted by atomic mass is 10.3. The Labute approximate surface area is 187 Å². The maximum atomic E-state index is 11.8. The summed E-state index contributed by atoms with van der Waals surface area (Å²) < 4.78 is 0. The average Bonchev–Trinajstić information content (AvgIpc) is 3.10. The number of nitrogens with one attached hydrogen (secondary N) is 2. The summed E-state index contributed by atoms with van der Waals surface area (Å²) in [5, 5.41) is 26.6. The van der Waals surface area contributed by atoms with Crippen LogP contribution >= 0.6 is 11.3 Å². The molecular formula is C21H18N8O2S. The number of hydrogen-bond acceptors (Lipinski definition) is 10. The lowest BCUT2D eigenvalue weighted by molar-refractivity contribution is -0.383. The molecule has 0 aliphatic carbocycles. The highest BCUT2D eigenvalue weighted by Crippen LogP contribution is 2.34. The molecule has 0 amide bonds. The number of nitro groups is 1. The highest BCUT2D eigenvalue weighted by atomic mass is 32.1. The zero-order valence-corrected chi connectivity index (χ0v) is 18.0. The summed E-state index contributed by atoms with van der Waals surface area (Å²) in [5.41, 5.74) is 2.59. The van der Waals surface area contributed by atoms with Crippen molar-refractivity contribution in [1.29, 1.82) is 0 Å². The molecule has 0 unspecified atom stereocenters. The van der Waals surface area contributed by atoms with E-state index in [2.05, 4.69) is 35.8 Å². The molecule has 4 rings (SSSR count). The van der Waals surface area contributed by atoms with Crippen LogP contribution in [0.4, 0.5) is 39.5 Å². The van der Waals surface area contributed by atoms with E-state index in [0.29, 0.717) is 16.5 Å². The first-order chi connectivity index (χ1) is 15.5. The number of nitrogens with zero attached hydrogens (tertiary/aromatic N) is 6. The van der Waals surface area contributed by atoms with Gasteiger partial charge in [0.2, 0.25) is 11.6 Å². The molecule has 0 saturated heterocycles. The Morgan fingerprint density at radius 3 is 2.12 bits per heavy atom. The summed E-state index contributed by atoms with van der Waals surface area (Å²) in [7, 11) is 0. The fraction of sp³-hybridized carbons (Fsp3) is 0.0952. The fourth-order valence-corrected chi connectivity index (χ4v) is 3.53. The quantitative estimate of drug-likeness (QED) is 0.192. The summed E-state index contributed by atoms with van der Waals surface area (Å²) in [5.74, 6) is 0.130. The summed E-state index contributed by atoms with van der Waals surface area (Å²) in [4.78, 5) is 24.7. The second-order valence-electron chi connectivity index (χ2n) is 6.67. The van der Waals surface area contributed by atoms with E-state index in [1.807, 2.05) is 44.2 Å². The maximum Gasteiger partial charge on any atom is 0.353 e. The van der Waals surface area contributed by atoms with Gasteiger partial charge in [0.05, 0.1) is 22.0 Å². The van der Waals surface area contributed by atoms with E-state index in [4.69, 9.17) is 0 Å².